The van der Waals surface area contributed by atoms with Gasteiger partial charge in [0.15, 0.2) is 5.60 Å². The van der Waals surface area contributed by atoms with Crippen molar-refractivity contribution in [3.8, 4) is 5.75 Å². The van der Waals surface area contributed by atoms with Crippen LogP contribution in [0.5, 0.6) is 5.75 Å². The Bertz CT molecular complexity index is 374. The van der Waals surface area contributed by atoms with Crippen molar-refractivity contribution >= 4 is 17.6 Å². The Morgan fingerprint density at radius 1 is 1.44 bits per heavy atom. The Labute approximate surface area is 100 Å². The Kier molecular flexibility index (Phi) is 4.19. The molecule has 3 nitrogen and oxygen atoms in total. The van der Waals surface area contributed by atoms with Crippen molar-refractivity contribution in [2.24, 2.45) is 0 Å². The highest BCUT2D eigenvalue weighted by molar-refractivity contribution is 6.30. The molecule has 0 bridgehead atoms. The van der Waals surface area contributed by atoms with Gasteiger partial charge in [-0.3, -0.25) is 0 Å². The fourth-order valence-corrected chi connectivity index (χ4v) is 1.35. The van der Waals surface area contributed by atoms with E-state index in [0.717, 1.165) is 0 Å². The lowest BCUT2D eigenvalue weighted by atomic mass is 10.1. The highest BCUT2D eigenvalue weighted by Crippen LogP contribution is 2.22. The van der Waals surface area contributed by atoms with Crippen molar-refractivity contribution in [3.05, 3.63) is 29.3 Å². The van der Waals surface area contributed by atoms with Gasteiger partial charge in [0.05, 0.1) is 6.61 Å². The molecule has 0 fully saturated rings. The summed E-state index contributed by atoms with van der Waals surface area (Å²) in [6.07, 6.45) is 0. The van der Waals surface area contributed by atoms with Crippen molar-refractivity contribution in [1.29, 1.82) is 0 Å². The van der Waals surface area contributed by atoms with Gasteiger partial charge in [0, 0.05) is 5.02 Å². The molecule has 1 rings (SSSR count). The van der Waals surface area contributed by atoms with E-state index in [1.54, 1.807) is 45.0 Å². The first-order valence-electron chi connectivity index (χ1n) is 5.07. The molecular formula is C12H15ClO3. The number of halogens is 1. The number of rotatable bonds is 4. The molecule has 0 unspecified atom stereocenters. The van der Waals surface area contributed by atoms with Crippen molar-refractivity contribution in [2.75, 3.05) is 6.61 Å². The molecule has 0 heterocycles. The van der Waals surface area contributed by atoms with Gasteiger partial charge in [-0.2, -0.15) is 0 Å². The molecule has 0 N–H and O–H groups in total. The maximum atomic E-state index is 11.6. The van der Waals surface area contributed by atoms with Crippen LogP contribution >= 0.6 is 11.6 Å². The quantitative estimate of drug-likeness (QED) is 0.762. The average molecular weight is 243 g/mol. The molecule has 1 aromatic carbocycles. The standard InChI is InChI=1S/C12H15ClO3/c1-4-15-11(14)12(2,3)16-10-7-5-6-9(13)8-10/h5-8H,4H2,1-3H3. The van der Waals surface area contributed by atoms with Gasteiger partial charge in [-0.1, -0.05) is 17.7 Å². The Morgan fingerprint density at radius 3 is 2.69 bits per heavy atom. The third-order valence-corrected chi connectivity index (χ3v) is 2.17. The summed E-state index contributed by atoms with van der Waals surface area (Å²) in [5, 5.41) is 0.567. The molecule has 0 saturated heterocycles. The van der Waals surface area contributed by atoms with Crippen LogP contribution in [-0.4, -0.2) is 18.2 Å². The number of esters is 1. The van der Waals surface area contributed by atoms with Crippen LogP contribution < -0.4 is 4.74 Å². The summed E-state index contributed by atoms with van der Waals surface area (Å²) in [5.74, 6) is 0.153. The van der Waals surface area contributed by atoms with E-state index < -0.39 is 11.6 Å². The second-order valence-corrected chi connectivity index (χ2v) is 4.23. The SMILES string of the molecule is CCOC(=O)C(C)(C)Oc1cccc(Cl)c1. The third kappa shape index (κ3) is 3.42. The minimum atomic E-state index is -1.01. The highest BCUT2D eigenvalue weighted by atomic mass is 35.5. The van der Waals surface area contributed by atoms with Gasteiger partial charge in [-0.25, -0.2) is 4.79 Å². The fourth-order valence-electron chi connectivity index (χ4n) is 1.17. The minimum Gasteiger partial charge on any atom is -0.476 e. The molecule has 0 saturated carbocycles. The lowest BCUT2D eigenvalue weighted by Gasteiger charge is -2.24. The van der Waals surface area contributed by atoms with Crippen LogP contribution in [0.15, 0.2) is 24.3 Å². The summed E-state index contributed by atoms with van der Waals surface area (Å²) in [6, 6.07) is 6.90. The average Bonchev–Trinajstić information content (AvgIpc) is 2.17. The van der Waals surface area contributed by atoms with Crippen LogP contribution in [0.1, 0.15) is 20.8 Å². The van der Waals surface area contributed by atoms with E-state index in [2.05, 4.69) is 0 Å². The molecular weight excluding hydrogens is 228 g/mol. The highest BCUT2D eigenvalue weighted by Gasteiger charge is 2.31. The monoisotopic (exact) mass is 242 g/mol. The van der Waals surface area contributed by atoms with Crippen LogP contribution in [0.4, 0.5) is 0 Å². The Hall–Kier alpha value is -1.22. The van der Waals surface area contributed by atoms with E-state index in [0.29, 0.717) is 17.4 Å². The predicted octanol–water partition coefficient (Wildman–Crippen LogP) is 3.06. The molecule has 16 heavy (non-hydrogen) atoms. The molecule has 0 aliphatic carbocycles. The summed E-state index contributed by atoms with van der Waals surface area (Å²) < 4.78 is 10.5. The van der Waals surface area contributed by atoms with Gasteiger partial charge >= 0.3 is 5.97 Å². The van der Waals surface area contributed by atoms with Gasteiger partial charge in [0.1, 0.15) is 5.75 Å². The molecule has 0 spiro atoms. The van der Waals surface area contributed by atoms with E-state index in [1.807, 2.05) is 0 Å². The normalized spacial score (nSPS) is 11.0. The zero-order valence-corrected chi connectivity index (χ0v) is 10.4. The molecule has 0 aromatic heterocycles. The van der Waals surface area contributed by atoms with E-state index in [1.165, 1.54) is 0 Å². The summed E-state index contributed by atoms with van der Waals surface area (Å²) in [6.45, 7) is 5.41. The van der Waals surface area contributed by atoms with Crippen LogP contribution in [0, 0.1) is 0 Å². The minimum absolute atomic E-state index is 0.334. The van der Waals surface area contributed by atoms with E-state index in [9.17, 15) is 4.79 Å². The van der Waals surface area contributed by atoms with Crippen molar-refractivity contribution in [2.45, 2.75) is 26.4 Å². The molecule has 0 radical (unpaired) electrons. The van der Waals surface area contributed by atoms with Gasteiger partial charge in [-0.15, -0.1) is 0 Å². The Morgan fingerprint density at radius 2 is 2.12 bits per heavy atom. The maximum absolute atomic E-state index is 11.6. The molecule has 0 amide bonds. The van der Waals surface area contributed by atoms with Crippen molar-refractivity contribution in [3.63, 3.8) is 0 Å². The number of hydrogen-bond donors (Lipinski definition) is 0. The molecule has 0 aliphatic rings. The summed E-state index contributed by atoms with van der Waals surface area (Å²) in [7, 11) is 0. The molecule has 1 aromatic rings. The first kappa shape index (κ1) is 12.8. The summed E-state index contributed by atoms with van der Waals surface area (Å²) in [4.78, 5) is 11.6. The van der Waals surface area contributed by atoms with Gasteiger partial charge in [-0.05, 0) is 39.0 Å². The molecule has 0 atom stereocenters. The number of carbonyl (C=O) groups is 1. The zero-order chi connectivity index (χ0) is 12.2. The molecule has 4 heteroatoms. The second kappa shape index (κ2) is 5.21. The smallest absolute Gasteiger partial charge is 0.349 e. The lowest BCUT2D eigenvalue weighted by molar-refractivity contribution is -0.158. The van der Waals surface area contributed by atoms with Crippen molar-refractivity contribution < 1.29 is 14.3 Å². The summed E-state index contributed by atoms with van der Waals surface area (Å²) in [5.41, 5.74) is -1.01. The number of ether oxygens (including phenoxy) is 2. The first-order valence-corrected chi connectivity index (χ1v) is 5.45. The number of hydrogen-bond acceptors (Lipinski definition) is 3. The lowest BCUT2D eigenvalue weighted by Crippen LogP contribution is -2.39. The fraction of sp³-hybridized carbons (Fsp3) is 0.417. The molecule has 88 valence electrons. The van der Waals surface area contributed by atoms with Crippen LogP contribution in [0.2, 0.25) is 5.02 Å². The van der Waals surface area contributed by atoms with E-state index in [-0.39, 0.29) is 0 Å². The molecule has 0 aliphatic heterocycles. The largest absolute Gasteiger partial charge is 0.476 e. The summed E-state index contributed by atoms with van der Waals surface area (Å²) >= 11 is 5.82. The second-order valence-electron chi connectivity index (χ2n) is 3.79. The topological polar surface area (TPSA) is 35.5 Å². The first-order chi connectivity index (χ1) is 7.45. The van der Waals surface area contributed by atoms with E-state index >= 15 is 0 Å². The predicted molar refractivity (Wildman–Crippen MR) is 62.8 cm³/mol. The van der Waals surface area contributed by atoms with Crippen LogP contribution in [0.3, 0.4) is 0 Å². The maximum Gasteiger partial charge on any atom is 0.349 e. The zero-order valence-electron chi connectivity index (χ0n) is 9.62. The van der Waals surface area contributed by atoms with Gasteiger partial charge in [0.25, 0.3) is 0 Å². The number of carbonyl (C=O) groups excluding carboxylic acids is 1. The third-order valence-electron chi connectivity index (χ3n) is 1.94. The van der Waals surface area contributed by atoms with Crippen LogP contribution in [-0.2, 0) is 9.53 Å². The Balaban J connectivity index is 2.75. The van der Waals surface area contributed by atoms with Gasteiger partial charge < -0.3 is 9.47 Å². The van der Waals surface area contributed by atoms with Crippen molar-refractivity contribution in [1.82, 2.24) is 0 Å². The van der Waals surface area contributed by atoms with Crippen LogP contribution in [0.25, 0.3) is 0 Å². The van der Waals surface area contributed by atoms with Gasteiger partial charge in [0.2, 0.25) is 0 Å². The number of benzene rings is 1. The van der Waals surface area contributed by atoms with E-state index in [4.69, 9.17) is 21.1 Å².